The number of piperidine rings is 2. The second-order valence-electron chi connectivity index (χ2n) is 7.70. The zero-order valence-corrected chi connectivity index (χ0v) is 17.6. The van der Waals surface area contributed by atoms with E-state index in [0.717, 1.165) is 30.2 Å². The molecule has 8 heteroatoms. The fraction of sp³-hybridized carbons (Fsp3) is 0.650. The topological polar surface area (TPSA) is 74.5 Å². The lowest BCUT2D eigenvalue weighted by molar-refractivity contribution is 0.102. The lowest BCUT2D eigenvalue weighted by atomic mass is 10.0. The van der Waals surface area contributed by atoms with Gasteiger partial charge in [-0.15, -0.1) is 10.2 Å². The number of anilines is 2. The zero-order chi connectivity index (χ0) is 19.5. The molecular formula is C20H29N5O2S. The molecule has 0 atom stereocenters. The van der Waals surface area contributed by atoms with Crippen molar-refractivity contribution < 1.29 is 9.21 Å². The van der Waals surface area contributed by atoms with Crippen LogP contribution in [0.2, 0.25) is 0 Å². The van der Waals surface area contributed by atoms with Gasteiger partial charge in [-0.05, 0) is 52.1 Å². The van der Waals surface area contributed by atoms with Crippen LogP contribution in [0.25, 0.3) is 0 Å². The van der Waals surface area contributed by atoms with E-state index in [-0.39, 0.29) is 5.91 Å². The normalized spacial score (nSPS) is 19.1. The van der Waals surface area contributed by atoms with Gasteiger partial charge in [-0.1, -0.05) is 24.7 Å². The van der Waals surface area contributed by atoms with Gasteiger partial charge < -0.3 is 14.2 Å². The summed E-state index contributed by atoms with van der Waals surface area (Å²) < 4.78 is 5.40. The van der Waals surface area contributed by atoms with E-state index in [0.29, 0.717) is 22.5 Å². The molecule has 0 unspecified atom stereocenters. The molecule has 0 radical (unpaired) electrons. The molecule has 4 rings (SSSR count). The Hall–Kier alpha value is -1.93. The van der Waals surface area contributed by atoms with Crippen LogP contribution in [0, 0.1) is 6.92 Å². The Labute approximate surface area is 170 Å². The highest BCUT2D eigenvalue weighted by atomic mass is 32.1. The number of likely N-dealkylation sites (tertiary alicyclic amines) is 1. The molecule has 2 aromatic heterocycles. The van der Waals surface area contributed by atoms with Crippen LogP contribution in [0.5, 0.6) is 0 Å². The van der Waals surface area contributed by atoms with Crippen molar-refractivity contribution in [3.05, 3.63) is 23.2 Å². The summed E-state index contributed by atoms with van der Waals surface area (Å²) >= 11 is 1.45. The van der Waals surface area contributed by atoms with Crippen molar-refractivity contribution in [2.75, 3.05) is 36.4 Å². The van der Waals surface area contributed by atoms with E-state index in [9.17, 15) is 4.79 Å². The van der Waals surface area contributed by atoms with Gasteiger partial charge in [0, 0.05) is 24.7 Å². The average molecular weight is 404 g/mol. The van der Waals surface area contributed by atoms with E-state index in [1.807, 2.05) is 13.8 Å². The van der Waals surface area contributed by atoms with Gasteiger partial charge in [-0.25, -0.2) is 0 Å². The smallest absolute Gasteiger partial charge is 0.261 e. The van der Waals surface area contributed by atoms with Gasteiger partial charge >= 0.3 is 0 Å². The van der Waals surface area contributed by atoms with Crippen molar-refractivity contribution in [1.29, 1.82) is 0 Å². The monoisotopic (exact) mass is 403 g/mol. The molecule has 0 saturated carbocycles. The first kappa shape index (κ1) is 19.4. The van der Waals surface area contributed by atoms with Crippen molar-refractivity contribution >= 4 is 27.5 Å². The van der Waals surface area contributed by atoms with Crippen LogP contribution in [0.4, 0.5) is 10.3 Å². The van der Waals surface area contributed by atoms with E-state index in [1.165, 1.54) is 56.5 Å². The maximum Gasteiger partial charge on any atom is 0.261 e. The Balaban J connectivity index is 1.34. The van der Waals surface area contributed by atoms with Crippen LogP contribution in [0.15, 0.2) is 10.7 Å². The average Bonchev–Trinajstić information content (AvgIpc) is 3.35. The Morgan fingerprint density at radius 2 is 1.96 bits per heavy atom. The third kappa shape index (κ3) is 4.07. The quantitative estimate of drug-likeness (QED) is 0.820. The molecule has 4 heterocycles. The molecular weight excluding hydrogens is 374 g/mol. The number of rotatable bonds is 5. The molecule has 0 spiro atoms. The van der Waals surface area contributed by atoms with Crippen molar-refractivity contribution in [2.24, 2.45) is 0 Å². The second-order valence-corrected chi connectivity index (χ2v) is 8.66. The predicted octanol–water partition coefficient (Wildman–Crippen LogP) is 3.71. The summed E-state index contributed by atoms with van der Waals surface area (Å²) in [7, 11) is 0. The van der Waals surface area contributed by atoms with E-state index < -0.39 is 0 Å². The number of carbonyl (C=O) groups is 1. The molecule has 0 bridgehead atoms. The standard InChI is InChI=1S/C20H29N5O2S/c1-3-15-13-27-14(2)17(15)18(26)21-19-22-23-20(28-19)25-11-7-16(8-12-25)24-9-5-4-6-10-24/h13,16H,3-12H2,1-2H3,(H,21,22,26). The largest absolute Gasteiger partial charge is 0.468 e. The molecule has 1 N–H and O–H groups in total. The number of hydrogen-bond acceptors (Lipinski definition) is 7. The molecule has 28 heavy (non-hydrogen) atoms. The first-order valence-electron chi connectivity index (χ1n) is 10.4. The SMILES string of the molecule is CCc1coc(C)c1C(=O)Nc1nnc(N2CCC(N3CCCCC3)CC2)s1. The van der Waals surface area contributed by atoms with Crippen LogP contribution in [0.1, 0.15) is 60.7 Å². The highest BCUT2D eigenvalue weighted by Gasteiger charge is 2.27. The first-order chi connectivity index (χ1) is 13.7. The number of aromatic nitrogens is 2. The lowest BCUT2D eigenvalue weighted by Crippen LogP contribution is -2.46. The molecule has 1 amide bonds. The van der Waals surface area contributed by atoms with Crippen LogP contribution >= 0.6 is 11.3 Å². The maximum absolute atomic E-state index is 12.6. The van der Waals surface area contributed by atoms with E-state index in [2.05, 4.69) is 25.3 Å². The molecule has 2 saturated heterocycles. The lowest BCUT2D eigenvalue weighted by Gasteiger charge is -2.40. The summed E-state index contributed by atoms with van der Waals surface area (Å²) in [5.74, 6) is 0.466. The van der Waals surface area contributed by atoms with Gasteiger partial charge in [-0.3, -0.25) is 10.1 Å². The van der Waals surface area contributed by atoms with Gasteiger partial charge in [0.05, 0.1) is 11.8 Å². The third-order valence-corrected chi connectivity index (χ3v) is 6.84. The number of amides is 1. The summed E-state index contributed by atoms with van der Waals surface area (Å²) in [6, 6.07) is 0.708. The number of aryl methyl sites for hydroxylation is 2. The van der Waals surface area contributed by atoms with Crippen molar-refractivity contribution in [3.63, 3.8) is 0 Å². The van der Waals surface area contributed by atoms with Gasteiger partial charge in [0.15, 0.2) is 0 Å². The minimum atomic E-state index is -0.172. The number of nitrogens with one attached hydrogen (secondary N) is 1. The maximum atomic E-state index is 12.6. The summed E-state index contributed by atoms with van der Waals surface area (Å²) in [5, 5.41) is 12.8. The molecule has 7 nitrogen and oxygen atoms in total. The van der Waals surface area contributed by atoms with E-state index >= 15 is 0 Å². The molecule has 2 aliphatic heterocycles. The highest BCUT2D eigenvalue weighted by Crippen LogP contribution is 2.29. The van der Waals surface area contributed by atoms with Crippen molar-refractivity contribution in [3.8, 4) is 0 Å². The Bertz CT molecular complexity index is 803. The van der Waals surface area contributed by atoms with Crippen LogP contribution in [0.3, 0.4) is 0 Å². The summed E-state index contributed by atoms with van der Waals surface area (Å²) in [5.41, 5.74) is 1.53. The summed E-state index contributed by atoms with van der Waals surface area (Å²) in [4.78, 5) is 17.6. The number of carbonyl (C=O) groups excluding carboxylic acids is 1. The molecule has 0 aliphatic carbocycles. The zero-order valence-electron chi connectivity index (χ0n) is 16.7. The third-order valence-electron chi connectivity index (χ3n) is 5.94. The van der Waals surface area contributed by atoms with Gasteiger partial charge in [0.1, 0.15) is 5.76 Å². The summed E-state index contributed by atoms with van der Waals surface area (Å²) in [6.07, 6.45) is 8.83. The molecule has 2 aromatic rings. The molecule has 152 valence electrons. The fourth-order valence-corrected chi connectivity index (χ4v) is 5.12. The number of nitrogens with zero attached hydrogens (tertiary/aromatic N) is 4. The number of hydrogen-bond donors (Lipinski definition) is 1. The molecule has 2 fully saturated rings. The Morgan fingerprint density at radius 1 is 1.21 bits per heavy atom. The van der Waals surface area contributed by atoms with E-state index in [4.69, 9.17) is 4.42 Å². The van der Waals surface area contributed by atoms with Crippen molar-refractivity contribution in [1.82, 2.24) is 15.1 Å². The Morgan fingerprint density at radius 3 is 2.68 bits per heavy atom. The predicted molar refractivity (Wildman–Crippen MR) is 111 cm³/mol. The van der Waals surface area contributed by atoms with Gasteiger partial charge in [0.2, 0.25) is 10.3 Å². The van der Waals surface area contributed by atoms with Crippen molar-refractivity contribution in [2.45, 2.75) is 58.4 Å². The minimum absolute atomic E-state index is 0.172. The van der Waals surface area contributed by atoms with E-state index in [1.54, 1.807) is 6.26 Å². The first-order valence-corrected chi connectivity index (χ1v) is 11.2. The fourth-order valence-electron chi connectivity index (χ4n) is 4.33. The Kier molecular flexibility index (Phi) is 5.96. The van der Waals surface area contributed by atoms with Crippen LogP contribution in [-0.2, 0) is 6.42 Å². The minimum Gasteiger partial charge on any atom is -0.468 e. The molecule has 2 aliphatic rings. The number of furan rings is 1. The van der Waals surface area contributed by atoms with Gasteiger partial charge in [-0.2, -0.15) is 0 Å². The van der Waals surface area contributed by atoms with Gasteiger partial charge in [0.25, 0.3) is 5.91 Å². The van der Waals surface area contributed by atoms with Crippen LogP contribution in [-0.4, -0.2) is 53.2 Å². The summed E-state index contributed by atoms with van der Waals surface area (Å²) in [6.45, 7) is 8.35. The second kappa shape index (κ2) is 8.61. The van der Waals surface area contributed by atoms with Crippen LogP contribution < -0.4 is 10.2 Å². The molecule has 0 aromatic carbocycles. The highest BCUT2D eigenvalue weighted by molar-refractivity contribution is 7.19.